The molecule has 1 atom stereocenters. The Balaban J connectivity index is 1.62. The predicted octanol–water partition coefficient (Wildman–Crippen LogP) is 2.25. The molecule has 3 aromatic rings. The molecule has 0 saturated carbocycles. The Morgan fingerprint density at radius 2 is 1.88 bits per heavy atom. The summed E-state index contributed by atoms with van der Waals surface area (Å²) < 4.78 is 16.5. The van der Waals surface area contributed by atoms with Gasteiger partial charge in [-0.1, -0.05) is 6.07 Å². The number of pyridine rings is 1. The van der Waals surface area contributed by atoms with Gasteiger partial charge in [0, 0.05) is 37.0 Å². The van der Waals surface area contributed by atoms with Crippen molar-refractivity contribution in [3.8, 4) is 16.9 Å². The van der Waals surface area contributed by atoms with E-state index in [1.165, 1.54) is 0 Å². The van der Waals surface area contributed by atoms with E-state index in [-0.39, 0.29) is 12.6 Å². The molecule has 4 heterocycles. The fourth-order valence-electron chi connectivity index (χ4n) is 4.38. The number of anilines is 2. The van der Waals surface area contributed by atoms with Crippen molar-refractivity contribution in [1.29, 1.82) is 0 Å². The first-order valence-corrected chi connectivity index (χ1v) is 11.3. The lowest BCUT2D eigenvalue weighted by Gasteiger charge is -2.34. The number of morpholine rings is 2. The number of rotatable bonds is 5. The molecule has 2 saturated heterocycles. The van der Waals surface area contributed by atoms with Gasteiger partial charge >= 0.3 is 0 Å². The van der Waals surface area contributed by atoms with Crippen molar-refractivity contribution < 1.29 is 19.3 Å². The van der Waals surface area contributed by atoms with Crippen molar-refractivity contribution in [1.82, 2.24) is 15.0 Å². The maximum absolute atomic E-state index is 9.73. The van der Waals surface area contributed by atoms with Gasteiger partial charge in [-0.2, -0.15) is 4.98 Å². The van der Waals surface area contributed by atoms with Gasteiger partial charge < -0.3 is 29.1 Å². The average molecular weight is 452 g/mol. The van der Waals surface area contributed by atoms with Gasteiger partial charge in [-0.3, -0.25) is 4.98 Å². The quantitative estimate of drug-likeness (QED) is 0.627. The Labute approximate surface area is 192 Å². The summed E-state index contributed by atoms with van der Waals surface area (Å²) in [4.78, 5) is 19.1. The second kappa shape index (κ2) is 9.46. The molecule has 0 aliphatic carbocycles. The number of hydrogen-bond acceptors (Lipinski definition) is 9. The van der Waals surface area contributed by atoms with Gasteiger partial charge in [0.15, 0.2) is 5.82 Å². The van der Waals surface area contributed by atoms with Gasteiger partial charge in [0.2, 0.25) is 5.95 Å². The molecule has 1 aromatic carbocycles. The van der Waals surface area contributed by atoms with Crippen molar-refractivity contribution in [3.05, 3.63) is 36.0 Å². The number of benzene rings is 1. The Morgan fingerprint density at radius 3 is 2.64 bits per heavy atom. The van der Waals surface area contributed by atoms with Crippen LogP contribution in [0.25, 0.3) is 22.2 Å². The molecule has 1 N–H and O–H groups in total. The minimum atomic E-state index is -0.0968. The largest absolute Gasteiger partial charge is 0.496 e. The molecular formula is C24H29N5O4. The summed E-state index contributed by atoms with van der Waals surface area (Å²) in [6, 6.07) is 8.00. The highest BCUT2D eigenvalue weighted by Gasteiger charge is 2.25. The normalized spacial score (nSPS) is 19.2. The number of ether oxygens (including phenoxy) is 3. The molecule has 2 aliphatic rings. The third kappa shape index (κ3) is 4.31. The third-order valence-electron chi connectivity index (χ3n) is 6.22. The van der Waals surface area contributed by atoms with Crippen LogP contribution in [0.1, 0.15) is 12.5 Å². The van der Waals surface area contributed by atoms with E-state index in [2.05, 4.69) is 16.7 Å². The maximum Gasteiger partial charge on any atom is 0.228 e. The Hall–Kier alpha value is -3.01. The van der Waals surface area contributed by atoms with Crippen molar-refractivity contribution >= 4 is 22.8 Å². The monoisotopic (exact) mass is 451 g/mol. The number of aliphatic hydroxyl groups is 1. The lowest BCUT2D eigenvalue weighted by molar-refractivity contribution is 0.0981. The van der Waals surface area contributed by atoms with Gasteiger partial charge in [0.05, 0.1) is 51.7 Å². The van der Waals surface area contributed by atoms with Crippen LogP contribution < -0.4 is 14.5 Å². The lowest BCUT2D eigenvalue weighted by atomic mass is 10.0. The van der Waals surface area contributed by atoms with E-state index < -0.39 is 0 Å². The minimum Gasteiger partial charge on any atom is -0.496 e. The molecule has 5 rings (SSSR count). The molecule has 9 heteroatoms. The van der Waals surface area contributed by atoms with Crippen LogP contribution in [-0.2, 0) is 16.1 Å². The number of aliphatic hydroxyl groups excluding tert-OH is 1. The van der Waals surface area contributed by atoms with Crippen LogP contribution >= 0.6 is 0 Å². The Bertz CT molecular complexity index is 1140. The van der Waals surface area contributed by atoms with E-state index >= 15 is 0 Å². The van der Waals surface area contributed by atoms with E-state index in [0.29, 0.717) is 38.1 Å². The second-order valence-electron chi connectivity index (χ2n) is 8.34. The van der Waals surface area contributed by atoms with Crippen LogP contribution in [0.3, 0.4) is 0 Å². The highest BCUT2D eigenvalue weighted by atomic mass is 16.5. The van der Waals surface area contributed by atoms with Crippen LogP contribution in [0.5, 0.6) is 5.75 Å². The first-order chi connectivity index (χ1) is 16.2. The molecule has 0 amide bonds. The number of aromatic nitrogens is 3. The zero-order valence-electron chi connectivity index (χ0n) is 19.0. The van der Waals surface area contributed by atoms with Crippen molar-refractivity contribution in [2.75, 3.05) is 63.0 Å². The fraction of sp³-hybridized carbons (Fsp3) is 0.458. The Kier molecular flexibility index (Phi) is 6.26. The van der Waals surface area contributed by atoms with E-state index in [4.69, 9.17) is 29.2 Å². The predicted molar refractivity (Wildman–Crippen MR) is 126 cm³/mol. The second-order valence-corrected chi connectivity index (χ2v) is 8.34. The molecule has 33 heavy (non-hydrogen) atoms. The molecule has 0 spiro atoms. The summed E-state index contributed by atoms with van der Waals surface area (Å²) in [5.41, 5.74) is 4.17. The maximum atomic E-state index is 9.73. The molecule has 2 aliphatic heterocycles. The molecule has 2 fully saturated rings. The first kappa shape index (κ1) is 21.8. The molecule has 0 bridgehead atoms. The SMILES string of the molecule is COc1ccc(-c2cnc3c(N4CCOCC4)nc(N4CCOCC4C)nc3c2)cc1CO. The molecule has 1 unspecified atom stereocenters. The van der Waals surface area contributed by atoms with Crippen LogP contribution in [0.4, 0.5) is 11.8 Å². The van der Waals surface area contributed by atoms with Gasteiger partial charge in [-0.25, -0.2) is 4.98 Å². The van der Waals surface area contributed by atoms with E-state index in [1.54, 1.807) is 7.11 Å². The van der Waals surface area contributed by atoms with Crippen molar-refractivity contribution in [2.24, 2.45) is 0 Å². The number of methoxy groups -OCH3 is 1. The van der Waals surface area contributed by atoms with E-state index in [0.717, 1.165) is 53.2 Å². The van der Waals surface area contributed by atoms with Crippen molar-refractivity contribution in [2.45, 2.75) is 19.6 Å². The summed E-state index contributed by atoms with van der Waals surface area (Å²) in [5.74, 6) is 2.20. The van der Waals surface area contributed by atoms with Gasteiger partial charge in [-0.05, 0) is 30.7 Å². The summed E-state index contributed by atoms with van der Waals surface area (Å²) in [7, 11) is 1.60. The molecular weight excluding hydrogens is 422 g/mol. The standard InChI is InChI=1S/C24H29N5O4/c1-16-15-33-10-7-29(16)24-26-20-12-18(17-3-4-21(31-2)19(11-17)14-30)13-25-22(20)23(27-24)28-5-8-32-9-6-28/h3-4,11-13,16,30H,5-10,14-15H2,1-2H3. The summed E-state index contributed by atoms with van der Waals surface area (Å²) in [6.07, 6.45) is 1.84. The van der Waals surface area contributed by atoms with Gasteiger partial charge in [0.1, 0.15) is 11.3 Å². The van der Waals surface area contributed by atoms with E-state index in [1.807, 2.05) is 30.5 Å². The van der Waals surface area contributed by atoms with E-state index in [9.17, 15) is 5.11 Å². The summed E-state index contributed by atoms with van der Waals surface area (Å²) in [6.45, 7) is 6.98. The summed E-state index contributed by atoms with van der Waals surface area (Å²) in [5, 5.41) is 9.73. The smallest absolute Gasteiger partial charge is 0.228 e. The molecule has 9 nitrogen and oxygen atoms in total. The number of hydrogen-bond donors (Lipinski definition) is 1. The minimum absolute atomic E-state index is 0.0968. The van der Waals surface area contributed by atoms with Crippen molar-refractivity contribution in [3.63, 3.8) is 0 Å². The first-order valence-electron chi connectivity index (χ1n) is 11.3. The van der Waals surface area contributed by atoms with Gasteiger partial charge in [0.25, 0.3) is 0 Å². The summed E-state index contributed by atoms with van der Waals surface area (Å²) >= 11 is 0. The molecule has 174 valence electrons. The third-order valence-corrected chi connectivity index (χ3v) is 6.22. The van der Waals surface area contributed by atoms with Crippen LogP contribution in [0.2, 0.25) is 0 Å². The number of fused-ring (bicyclic) bond motifs is 1. The fourth-order valence-corrected chi connectivity index (χ4v) is 4.38. The molecule has 2 aromatic heterocycles. The van der Waals surface area contributed by atoms with Crippen LogP contribution in [-0.4, -0.2) is 79.3 Å². The average Bonchev–Trinajstić information content (AvgIpc) is 2.88. The molecule has 0 radical (unpaired) electrons. The van der Waals surface area contributed by atoms with Crippen LogP contribution in [0, 0.1) is 0 Å². The lowest BCUT2D eigenvalue weighted by Crippen LogP contribution is -2.45. The Morgan fingerprint density at radius 1 is 1.06 bits per heavy atom. The number of nitrogens with zero attached hydrogens (tertiary/aromatic N) is 5. The highest BCUT2D eigenvalue weighted by molar-refractivity contribution is 5.89. The van der Waals surface area contributed by atoms with Crippen LogP contribution in [0.15, 0.2) is 30.5 Å². The zero-order chi connectivity index (χ0) is 22.8. The topological polar surface area (TPSA) is 93.1 Å². The zero-order valence-corrected chi connectivity index (χ0v) is 19.0. The van der Waals surface area contributed by atoms with Gasteiger partial charge in [-0.15, -0.1) is 0 Å². The highest BCUT2D eigenvalue weighted by Crippen LogP contribution is 2.32.